The Morgan fingerprint density at radius 1 is 1.45 bits per heavy atom. The normalized spacial score (nSPS) is 26.5. The number of ether oxygens (including phenoxy) is 2. The summed E-state index contributed by atoms with van der Waals surface area (Å²) in [7, 11) is 1.64. The van der Waals surface area contributed by atoms with E-state index in [0.29, 0.717) is 23.0 Å². The van der Waals surface area contributed by atoms with Crippen molar-refractivity contribution < 1.29 is 18.7 Å². The smallest absolute Gasteiger partial charge is 0.275 e. The molecule has 1 aromatic heterocycles. The molecule has 1 aliphatic heterocycles. The number of aliphatic imine (C=N–C) groups is 1. The lowest BCUT2D eigenvalue weighted by atomic mass is 9.85. The molecule has 8 nitrogen and oxygen atoms in total. The van der Waals surface area contributed by atoms with Crippen molar-refractivity contribution >= 4 is 28.5 Å². The lowest BCUT2D eigenvalue weighted by molar-refractivity contribution is 0.102. The molecule has 1 aromatic carbocycles. The third-order valence-corrected chi connectivity index (χ3v) is 7.29. The number of halogens is 1. The predicted molar refractivity (Wildman–Crippen MR) is 126 cm³/mol. The van der Waals surface area contributed by atoms with Crippen LogP contribution in [0.4, 0.5) is 10.1 Å². The Morgan fingerprint density at radius 2 is 2.24 bits per heavy atom. The number of aromatic nitrogens is 2. The number of methoxy groups -OCH3 is 1. The van der Waals surface area contributed by atoms with E-state index < -0.39 is 17.3 Å². The van der Waals surface area contributed by atoms with E-state index in [1.54, 1.807) is 19.3 Å². The molecule has 33 heavy (non-hydrogen) atoms. The molecule has 174 valence electrons. The van der Waals surface area contributed by atoms with Crippen LogP contribution in [0.3, 0.4) is 0 Å². The fourth-order valence-electron chi connectivity index (χ4n) is 4.25. The van der Waals surface area contributed by atoms with Crippen molar-refractivity contribution in [1.29, 1.82) is 0 Å². The summed E-state index contributed by atoms with van der Waals surface area (Å²) in [5.41, 5.74) is 6.15. The number of rotatable bonds is 8. The molecule has 0 radical (unpaired) electrons. The monoisotopic (exact) mass is 471 g/mol. The molecule has 1 amide bonds. The highest BCUT2D eigenvalue weighted by Gasteiger charge is 2.66. The van der Waals surface area contributed by atoms with Crippen LogP contribution in [-0.4, -0.2) is 45.6 Å². The average Bonchev–Trinajstić information content (AvgIpc) is 3.50. The predicted octanol–water partition coefficient (Wildman–Crippen LogP) is 3.50. The van der Waals surface area contributed by atoms with Crippen molar-refractivity contribution in [3.8, 4) is 5.88 Å². The van der Waals surface area contributed by atoms with Crippen molar-refractivity contribution in [3.05, 3.63) is 60.3 Å². The molecular weight excluding hydrogens is 445 g/mol. The van der Waals surface area contributed by atoms with E-state index in [1.165, 1.54) is 36.3 Å². The van der Waals surface area contributed by atoms with Gasteiger partial charge < -0.3 is 20.5 Å². The number of carbonyl (C=O) groups is 1. The lowest BCUT2D eigenvalue weighted by Gasteiger charge is -2.34. The number of nitrogens with two attached hydrogens (primary N) is 1. The molecule has 2 aliphatic rings. The van der Waals surface area contributed by atoms with Crippen molar-refractivity contribution in [2.24, 2.45) is 16.6 Å². The summed E-state index contributed by atoms with van der Waals surface area (Å²) >= 11 is 1.49. The second-order valence-corrected chi connectivity index (χ2v) is 9.84. The highest BCUT2D eigenvalue weighted by Crippen LogP contribution is 2.66. The Labute approximate surface area is 195 Å². The minimum atomic E-state index is -0.862. The number of thioether (sulfide) groups is 1. The summed E-state index contributed by atoms with van der Waals surface area (Å²) in [6, 6.07) is 4.42. The first kappa shape index (κ1) is 23.2. The maximum atomic E-state index is 15.0. The maximum absolute atomic E-state index is 15.0. The van der Waals surface area contributed by atoms with Crippen molar-refractivity contribution in [1.82, 2.24) is 9.97 Å². The molecule has 3 N–H and O–H groups in total. The second kappa shape index (κ2) is 8.75. The molecule has 1 saturated carbocycles. The number of nitrogens with one attached hydrogen (secondary N) is 1. The Hall–Kier alpha value is -2.98. The number of amides is 1. The van der Waals surface area contributed by atoms with Gasteiger partial charge in [-0.2, -0.15) is 0 Å². The number of carbonyl (C=O) groups excluding carboxylic acids is 1. The van der Waals surface area contributed by atoms with Gasteiger partial charge in [-0.15, -0.1) is 0 Å². The second-order valence-electron chi connectivity index (χ2n) is 8.40. The van der Waals surface area contributed by atoms with Crippen molar-refractivity contribution in [2.45, 2.75) is 36.7 Å². The molecule has 4 atom stereocenters. The third kappa shape index (κ3) is 4.45. The van der Waals surface area contributed by atoms with Gasteiger partial charge in [0.25, 0.3) is 5.91 Å². The number of fused-ring (bicyclic) bond motifs is 1. The quantitative estimate of drug-likeness (QED) is 0.567. The van der Waals surface area contributed by atoms with E-state index in [4.69, 9.17) is 15.2 Å². The molecule has 4 rings (SSSR count). The molecule has 10 heteroatoms. The van der Waals surface area contributed by atoms with Gasteiger partial charge in [0.15, 0.2) is 5.17 Å². The molecule has 1 aliphatic carbocycles. The number of hydrogen-bond donors (Lipinski definition) is 2. The van der Waals surface area contributed by atoms with Gasteiger partial charge in [-0.1, -0.05) is 24.4 Å². The first-order chi connectivity index (χ1) is 15.7. The van der Waals surface area contributed by atoms with Crippen molar-refractivity contribution in [2.75, 3.05) is 19.0 Å². The molecule has 0 bridgehead atoms. The number of anilines is 1. The first-order valence-corrected chi connectivity index (χ1v) is 11.3. The fourth-order valence-corrected chi connectivity index (χ4v) is 5.70. The maximum Gasteiger partial charge on any atom is 0.275 e. The van der Waals surface area contributed by atoms with E-state index in [-0.39, 0.29) is 28.3 Å². The fraction of sp³-hybridized carbons (Fsp3) is 0.391. The summed E-state index contributed by atoms with van der Waals surface area (Å²) in [5, 5.41) is 3.16. The molecule has 1 fully saturated rings. The average molecular weight is 472 g/mol. The van der Waals surface area contributed by atoms with Crippen LogP contribution in [0, 0.1) is 11.7 Å². The van der Waals surface area contributed by atoms with Crippen molar-refractivity contribution in [3.63, 3.8) is 0 Å². The molecule has 0 saturated heterocycles. The van der Waals surface area contributed by atoms with E-state index in [1.807, 2.05) is 13.8 Å². The Bertz CT molecular complexity index is 1110. The Morgan fingerprint density at radius 3 is 2.91 bits per heavy atom. The molecule has 0 unspecified atom stereocenters. The van der Waals surface area contributed by atoms with Gasteiger partial charge in [0, 0.05) is 24.3 Å². The zero-order valence-corrected chi connectivity index (χ0v) is 19.5. The zero-order chi connectivity index (χ0) is 23.8. The summed E-state index contributed by atoms with van der Waals surface area (Å²) in [4.78, 5) is 25.5. The van der Waals surface area contributed by atoms with Gasteiger partial charge in [-0.25, -0.2) is 14.4 Å². The van der Waals surface area contributed by atoms with Crippen LogP contribution in [0.2, 0.25) is 0 Å². The van der Waals surface area contributed by atoms with Crippen LogP contribution in [-0.2, 0) is 10.3 Å². The molecule has 2 heterocycles. The summed E-state index contributed by atoms with van der Waals surface area (Å²) in [6.07, 6.45) is 4.89. The van der Waals surface area contributed by atoms with E-state index in [0.717, 1.165) is 6.42 Å². The van der Waals surface area contributed by atoms with E-state index in [9.17, 15) is 9.18 Å². The number of amidine groups is 1. The van der Waals surface area contributed by atoms with Gasteiger partial charge in [-0.05, 0) is 38.5 Å². The highest BCUT2D eigenvalue weighted by atomic mass is 32.2. The molecular formula is C23H26FN5O3S. The number of nitrogens with zero attached hydrogens (tertiary/aromatic N) is 3. The Balaban J connectivity index is 1.55. The number of hydrogen-bond acceptors (Lipinski definition) is 8. The van der Waals surface area contributed by atoms with Gasteiger partial charge in [-0.3, -0.25) is 9.79 Å². The van der Waals surface area contributed by atoms with Crippen LogP contribution < -0.4 is 15.8 Å². The molecule has 2 aromatic rings. The zero-order valence-electron chi connectivity index (χ0n) is 18.7. The molecule has 0 spiro atoms. The first-order valence-electron chi connectivity index (χ1n) is 10.5. The van der Waals surface area contributed by atoms with Crippen LogP contribution in [0.5, 0.6) is 5.88 Å². The van der Waals surface area contributed by atoms with Crippen LogP contribution >= 0.6 is 11.8 Å². The van der Waals surface area contributed by atoms with Crippen LogP contribution in [0.1, 0.15) is 36.3 Å². The van der Waals surface area contributed by atoms with E-state index >= 15 is 0 Å². The lowest BCUT2D eigenvalue weighted by Crippen LogP contribution is -2.37. The van der Waals surface area contributed by atoms with Gasteiger partial charge in [0.05, 0.1) is 29.3 Å². The minimum Gasteiger partial charge on any atom is -0.469 e. The largest absolute Gasteiger partial charge is 0.469 e. The van der Waals surface area contributed by atoms with E-state index in [2.05, 4.69) is 26.9 Å². The summed E-state index contributed by atoms with van der Waals surface area (Å²) in [6.45, 7) is 7.84. The van der Waals surface area contributed by atoms with Crippen LogP contribution in [0.25, 0.3) is 0 Å². The third-order valence-electron chi connectivity index (χ3n) is 6.01. The van der Waals surface area contributed by atoms with Gasteiger partial charge in [0.1, 0.15) is 17.6 Å². The van der Waals surface area contributed by atoms with Crippen LogP contribution in [0.15, 0.2) is 48.2 Å². The minimum absolute atomic E-state index is 0.0686. The van der Waals surface area contributed by atoms with Gasteiger partial charge >= 0.3 is 0 Å². The summed E-state index contributed by atoms with van der Waals surface area (Å²) < 4.78 is 25.6. The standard InChI is InChI=1S/C23H26FN5O3S/c1-5-13(2)32-19-11-26-17(10-27-19)20(30)28-14-6-7-16(24)15(8-14)22(3)18-9-23(18,12-31-4)33-21(25)29-22/h5-8,10-11,13,18H,1,9,12H2,2-4H3,(H2,25,29)(H,28,30)/t13-,18+,22+,23-/m1/s1. The van der Waals surface area contributed by atoms with Gasteiger partial charge in [0.2, 0.25) is 5.88 Å². The SMILES string of the molecule is C=C[C@@H](C)Oc1cnc(C(=O)Nc2ccc(F)c([C@]3(C)N=C(N)S[C@@]4(COC)C[C@H]43)c2)cn1. The highest BCUT2D eigenvalue weighted by molar-refractivity contribution is 8.15. The topological polar surface area (TPSA) is 112 Å². The summed E-state index contributed by atoms with van der Waals surface area (Å²) in [5.74, 6) is -0.532. The Kier molecular flexibility index (Phi) is 6.15. The number of benzene rings is 1.